The lowest BCUT2D eigenvalue weighted by atomic mass is 10.1. The van der Waals surface area contributed by atoms with Crippen LogP contribution in [0.3, 0.4) is 0 Å². The van der Waals surface area contributed by atoms with E-state index in [1.165, 1.54) is 12.1 Å². The van der Waals surface area contributed by atoms with Crippen molar-refractivity contribution in [2.24, 2.45) is 0 Å². The lowest BCUT2D eigenvalue weighted by Crippen LogP contribution is -2.14. The van der Waals surface area contributed by atoms with Crippen LogP contribution < -0.4 is 0 Å². The fourth-order valence-electron chi connectivity index (χ4n) is 1.19. The predicted molar refractivity (Wildman–Crippen MR) is 59.9 cm³/mol. The average Bonchev–Trinajstić information content (AvgIpc) is 2.15. The Kier molecular flexibility index (Phi) is 4.02. The quantitative estimate of drug-likeness (QED) is 0.594. The van der Waals surface area contributed by atoms with E-state index in [1.807, 2.05) is 12.5 Å². The van der Waals surface area contributed by atoms with Crippen molar-refractivity contribution in [3.05, 3.63) is 35.4 Å². The van der Waals surface area contributed by atoms with Gasteiger partial charge in [0, 0.05) is 5.56 Å². The van der Waals surface area contributed by atoms with E-state index in [-0.39, 0.29) is 16.7 Å². The molecule has 0 bridgehead atoms. The highest BCUT2D eigenvalue weighted by Crippen LogP contribution is 2.29. The van der Waals surface area contributed by atoms with Gasteiger partial charge in [-0.05, 0) is 23.0 Å². The normalized spacial score (nSPS) is 11.9. The zero-order valence-corrected chi connectivity index (χ0v) is 9.78. The molecule has 0 radical (unpaired) electrons. The van der Waals surface area contributed by atoms with Crippen LogP contribution in [-0.2, 0) is 17.1 Å². The van der Waals surface area contributed by atoms with Gasteiger partial charge in [-0.15, -0.1) is 0 Å². The predicted octanol–water partition coefficient (Wildman–Crippen LogP) is 2.77. The molecule has 0 heterocycles. The second-order valence-corrected chi connectivity index (χ2v) is 5.89. The van der Waals surface area contributed by atoms with Gasteiger partial charge in [0.05, 0.1) is 18.1 Å². The number of Topliss-reactive ketones (excluding diaryl/α,β-unsaturated/α-hetero) is 1. The number of ketones is 1. The number of halogens is 3. The van der Waals surface area contributed by atoms with Crippen LogP contribution in [0, 0.1) is 0 Å². The largest absolute Gasteiger partial charge is 0.416 e. The molecule has 0 aliphatic carbocycles. The fourth-order valence-corrected chi connectivity index (χ4v) is 1.88. The summed E-state index contributed by atoms with van der Waals surface area (Å²) in [5, 5.41) is 0. The summed E-state index contributed by atoms with van der Waals surface area (Å²) in [5.74, 6) is 0.271. The molecule has 0 saturated heterocycles. The van der Waals surface area contributed by atoms with Crippen molar-refractivity contribution in [2.75, 3.05) is 18.3 Å². The number of hydrogen-bond acceptors (Lipinski definition) is 1. The van der Waals surface area contributed by atoms with Gasteiger partial charge in [-0.25, -0.2) is 0 Å². The number of carbonyl (C=O) groups is 1. The van der Waals surface area contributed by atoms with Gasteiger partial charge in [0.15, 0.2) is 5.75 Å². The van der Waals surface area contributed by atoms with Crippen LogP contribution in [0.2, 0.25) is 0 Å². The molecule has 0 N–H and O–H groups in total. The standard InChI is InChI=1S/C11H12F3OS/c1-16(2)7-10(15)8-3-5-9(6-4-8)11(12,13)14/h3-6H,7H2,1-2H3/q+1. The molecule has 88 valence electrons. The van der Waals surface area contributed by atoms with Gasteiger partial charge in [0.25, 0.3) is 0 Å². The van der Waals surface area contributed by atoms with Crippen molar-refractivity contribution < 1.29 is 18.0 Å². The van der Waals surface area contributed by atoms with Gasteiger partial charge in [-0.3, -0.25) is 4.79 Å². The van der Waals surface area contributed by atoms with Crippen molar-refractivity contribution in [1.82, 2.24) is 0 Å². The van der Waals surface area contributed by atoms with Crippen LogP contribution in [0.25, 0.3) is 0 Å². The second kappa shape index (κ2) is 4.91. The van der Waals surface area contributed by atoms with Gasteiger partial charge < -0.3 is 0 Å². The smallest absolute Gasteiger partial charge is 0.289 e. The minimum atomic E-state index is -4.35. The Balaban J connectivity index is 2.83. The van der Waals surface area contributed by atoms with Crippen LogP contribution in [0.5, 0.6) is 0 Å². The third-order valence-electron chi connectivity index (χ3n) is 1.95. The summed E-state index contributed by atoms with van der Waals surface area (Å²) >= 11 is 0. The Morgan fingerprint density at radius 3 is 2.06 bits per heavy atom. The molecule has 0 saturated carbocycles. The molecule has 1 nitrogen and oxygen atoms in total. The van der Waals surface area contributed by atoms with Crippen molar-refractivity contribution in [3.8, 4) is 0 Å². The highest BCUT2D eigenvalue weighted by Gasteiger charge is 2.30. The van der Waals surface area contributed by atoms with Crippen LogP contribution in [0.4, 0.5) is 13.2 Å². The number of rotatable bonds is 3. The summed E-state index contributed by atoms with van der Waals surface area (Å²) in [6, 6.07) is 4.35. The van der Waals surface area contributed by atoms with Crippen LogP contribution in [-0.4, -0.2) is 24.0 Å². The average molecular weight is 249 g/mol. The van der Waals surface area contributed by atoms with E-state index in [9.17, 15) is 18.0 Å². The second-order valence-electron chi connectivity index (χ2n) is 3.63. The molecule has 0 atom stereocenters. The van der Waals surface area contributed by atoms with E-state index in [1.54, 1.807) is 0 Å². The lowest BCUT2D eigenvalue weighted by molar-refractivity contribution is -0.137. The first-order chi connectivity index (χ1) is 7.30. The Labute approximate surface area is 95.0 Å². The molecule has 0 aliphatic rings. The molecule has 0 unspecified atom stereocenters. The molecule has 1 aromatic rings. The molecule has 0 amide bonds. The maximum atomic E-state index is 12.2. The Morgan fingerprint density at radius 2 is 1.69 bits per heavy atom. The summed E-state index contributed by atoms with van der Waals surface area (Å²) < 4.78 is 36.7. The van der Waals surface area contributed by atoms with E-state index in [0.717, 1.165) is 12.1 Å². The zero-order chi connectivity index (χ0) is 12.3. The minimum absolute atomic E-state index is 0.0403. The van der Waals surface area contributed by atoms with Gasteiger partial charge in [0.1, 0.15) is 0 Å². The van der Waals surface area contributed by atoms with Crippen molar-refractivity contribution in [2.45, 2.75) is 6.18 Å². The summed E-state index contributed by atoms with van der Waals surface area (Å²) in [4.78, 5) is 11.5. The third kappa shape index (κ3) is 3.56. The fraction of sp³-hybridized carbons (Fsp3) is 0.364. The summed E-state index contributed by atoms with van der Waals surface area (Å²) in [6.45, 7) is 0. The van der Waals surface area contributed by atoms with Gasteiger partial charge in [-0.1, -0.05) is 12.1 Å². The molecular weight excluding hydrogens is 237 g/mol. The van der Waals surface area contributed by atoms with E-state index in [0.29, 0.717) is 11.3 Å². The number of carbonyl (C=O) groups excluding carboxylic acids is 1. The summed E-state index contributed by atoms with van der Waals surface area (Å²) in [7, 11) is -0.0403. The first-order valence-corrected chi connectivity index (χ1v) is 6.76. The molecule has 0 aliphatic heterocycles. The van der Waals surface area contributed by atoms with Gasteiger partial charge in [-0.2, -0.15) is 13.2 Å². The van der Waals surface area contributed by atoms with Crippen LogP contribution in [0.1, 0.15) is 15.9 Å². The van der Waals surface area contributed by atoms with E-state index in [4.69, 9.17) is 0 Å². The van der Waals surface area contributed by atoms with Crippen molar-refractivity contribution >= 4 is 16.7 Å². The van der Waals surface area contributed by atoms with E-state index >= 15 is 0 Å². The Hall–Kier alpha value is -0.970. The van der Waals surface area contributed by atoms with Crippen molar-refractivity contribution in [3.63, 3.8) is 0 Å². The maximum absolute atomic E-state index is 12.2. The topological polar surface area (TPSA) is 17.1 Å². The van der Waals surface area contributed by atoms with Crippen molar-refractivity contribution in [1.29, 1.82) is 0 Å². The molecular formula is C11H12F3OS+. The first kappa shape index (κ1) is 13.1. The Bertz CT molecular complexity index is 368. The van der Waals surface area contributed by atoms with E-state index in [2.05, 4.69) is 0 Å². The molecule has 16 heavy (non-hydrogen) atoms. The Morgan fingerprint density at radius 1 is 1.19 bits per heavy atom. The van der Waals surface area contributed by atoms with Crippen LogP contribution >= 0.6 is 0 Å². The lowest BCUT2D eigenvalue weighted by Gasteiger charge is -2.06. The first-order valence-electron chi connectivity index (χ1n) is 4.55. The monoisotopic (exact) mass is 249 g/mol. The minimum Gasteiger partial charge on any atom is -0.289 e. The van der Waals surface area contributed by atoms with E-state index < -0.39 is 11.7 Å². The molecule has 1 aromatic carbocycles. The SMILES string of the molecule is C[S+](C)CC(=O)c1ccc(C(F)(F)F)cc1. The number of alkyl halides is 3. The maximum Gasteiger partial charge on any atom is 0.416 e. The molecule has 0 spiro atoms. The summed E-state index contributed by atoms with van der Waals surface area (Å²) in [6.07, 6.45) is -0.509. The highest BCUT2D eigenvalue weighted by atomic mass is 32.2. The van der Waals surface area contributed by atoms with Gasteiger partial charge >= 0.3 is 6.18 Å². The molecule has 1 rings (SSSR count). The molecule has 0 aromatic heterocycles. The number of hydrogen-bond donors (Lipinski definition) is 0. The van der Waals surface area contributed by atoms with Crippen LogP contribution in [0.15, 0.2) is 24.3 Å². The highest BCUT2D eigenvalue weighted by molar-refractivity contribution is 7.96. The third-order valence-corrected chi connectivity index (χ3v) is 2.79. The zero-order valence-electron chi connectivity index (χ0n) is 8.97. The van der Waals surface area contributed by atoms with Gasteiger partial charge in [0.2, 0.25) is 5.78 Å². The molecule has 5 heteroatoms. The molecule has 0 fully saturated rings. The summed E-state index contributed by atoms with van der Waals surface area (Å²) in [5.41, 5.74) is -0.384. The number of benzene rings is 1.